The van der Waals surface area contributed by atoms with Crippen LogP contribution in [0.2, 0.25) is 5.02 Å². The molecule has 0 spiro atoms. The summed E-state index contributed by atoms with van der Waals surface area (Å²) in [7, 11) is 0. The lowest BCUT2D eigenvalue weighted by atomic mass is 9.87. The van der Waals surface area contributed by atoms with Crippen molar-refractivity contribution in [2.45, 2.75) is 24.9 Å². The number of carboxylic acid groups (broad SMARTS) is 1. The van der Waals surface area contributed by atoms with Gasteiger partial charge >= 0.3 is 6.09 Å². The fraction of sp³-hybridized carbons (Fsp3) is 0.435. The lowest BCUT2D eigenvalue weighted by Crippen LogP contribution is -2.46. The zero-order valence-corrected chi connectivity index (χ0v) is 18.0. The van der Waals surface area contributed by atoms with Gasteiger partial charge in [-0.25, -0.2) is 4.79 Å². The van der Waals surface area contributed by atoms with Gasteiger partial charge in [0.15, 0.2) is 0 Å². The van der Waals surface area contributed by atoms with Crippen LogP contribution in [0.1, 0.15) is 24.3 Å². The quantitative estimate of drug-likeness (QED) is 0.532. The monoisotopic (exact) mass is 449 g/mol. The van der Waals surface area contributed by atoms with E-state index in [0.29, 0.717) is 43.5 Å². The van der Waals surface area contributed by atoms with Crippen LogP contribution in [0.5, 0.6) is 11.5 Å². The van der Waals surface area contributed by atoms with Gasteiger partial charge in [-0.15, -0.1) is 0 Å². The van der Waals surface area contributed by atoms with E-state index in [1.165, 1.54) is 4.90 Å². The molecule has 0 saturated carbocycles. The van der Waals surface area contributed by atoms with E-state index >= 15 is 0 Å². The Bertz CT molecular complexity index is 831. The smallest absolute Gasteiger partial charge is 0.407 e. The molecule has 3 rings (SSSR count). The second-order valence-corrected chi connectivity index (χ2v) is 7.71. The number of amides is 1. The number of benzene rings is 2. The molecule has 0 radical (unpaired) electrons. The number of piperidine rings is 1. The summed E-state index contributed by atoms with van der Waals surface area (Å²) in [4.78, 5) is 12.7. The molecule has 168 valence electrons. The van der Waals surface area contributed by atoms with Crippen LogP contribution in [-0.2, 0) is 4.74 Å². The van der Waals surface area contributed by atoms with Crippen LogP contribution in [0.4, 0.5) is 4.79 Å². The SMILES string of the molecule is O=C(O)N1CCC(c2ccc(OCCCOc3ccccc3Cl)cc2)C(OCCO)C1. The number of aliphatic hydroxyl groups excluding tert-OH is 1. The molecule has 0 aromatic heterocycles. The molecule has 2 unspecified atom stereocenters. The van der Waals surface area contributed by atoms with Crippen LogP contribution in [-0.4, -0.2) is 66.8 Å². The summed E-state index contributed by atoms with van der Waals surface area (Å²) in [6.07, 6.45) is 0.156. The van der Waals surface area contributed by atoms with Crippen molar-refractivity contribution in [2.24, 2.45) is 0 Å². The van der Waals surface area contributed by atoms with Crippen molar-refractivity contribution in [2.75, 3.05) is 39.5 Å². The highest BCUT2D eigenvalue weighted by Gasteiger charge is 2.33. The number of hydrogen-bond acceptors (Lipinski definition) is 5. The average molecular weight is 450 g/mol. The number of nitrogens with zero attached hydrogens (tertiary/aromatic N) is 1. The molecule has 1 aliphatic rings. The van der Waals surface area contributed by atoms with E-state index in [1.54, 1.807) is 6.07 Å². The molecule has 2 N–H and O–H groups in total. The van der Waals surface area contributed by atoms with Crippen molar-refractivity contribution in [3.8, 4) is 11.5 Å². The van der Waals surface area contributed by atoms with Crippen LogP contribution in [0, 0.1) is 0 Å². The van der Waals surface area contributed by atoms with Gasteiger partial charge in [-0.2, -0.15) is 0 Å². The van der Waals surface area contributed by atoms with E-state index in [4.69, 9.17) is 30.9 Å². The summed E-state index contributed by atoms with van der Waals surface area (Å²) in [5.41, 5.74) is 1.07. The molecule has 1 heterocycles. The summed E-state index contributed by atoms with van der Waals surface area (Å²) >= 11 is 6.06. The molecular weight excluding hydrogens is 422 g/mol. The Morgan fingerprint density at radius 3 is 2.52 bits per heavy atom. The van der Waals surface area contributed by atoms with Crippen molar-refractivity contribution >= 4 is 17.7 Å². The first-order chi connectivity index (χ1) is 15.1. The highest BCUT2D eigenvalue weighted by atomic mass is 35.5. The average Bonchev–Trinajstić information content (AvgIpc) is 2.79. The molecule has 7 nitrogen and oxygen atoms in total. The standard InChI is InChI=1S/C23H28ClNO6/c24-20-4-1-2-5-21(20)30-14-3-13-29-18-8-6-17(7-9-18)19-10-11-25(23(27)28)16-22(19)31-15-12-26/h1-2,4-9,19,22,26H,3,10-16H2,(H,27,28). The van der Waals surface area contributed by atoms with Gasteiger partial charge in [-0.3, -0.25) is 0 Å². The predicted molar refractivity (Wildman–Crippen MR) is 117 cm³/mol. The Balaban J connectivity index is 1.48. The zero-order chi connectivity index (χ0) is 22.1. The van der Waals surface area contributed by atoms with Gasteiger partial charge in [-0.1, -0.05) is 35.9 Å². The molecule has 1 saturated heterocycles. The molecule has 31 heavy (non-hydrogen) atoms. The maximum absolute atomic E-state index is 11.3. The largest absolute Gasteiger partial charge is 0.493 e. The van der Waals surface area contributed by atoms with E-state index < -0.39 is 6.09 Å². The second kappa shape index (κ2) is 11.8. The van der Waals surface area contributed by atoms with Crippen LogP contribution in [0.3, 0.4) is 0 Å². The molecular formula is C23H28ClNO6. The van der Waals surface area contributed by atoms with Gasteiger partial charge in [0.1, 0.15) is 11.5 Å². The summed E-state index contributed by atoms with van der Waals surface area (Å²) < 4.78 is 17.2. The maximum Gasteiger partial charge on any atom is 0.407 e. The van der Waals surface area contributed by atoms with Crippen molar-refractivity contribution in [1.29, 1.82) is 0 Å². The second-order valence-electron chi connectivity index (χ2n) is 7.31. The minimum absolute atomic E-state index is 0.0696. The van der Waals surface area contributed by atoms with E-state index in [1.807, 2.05) is 42.5 Å². The first kappa shape index (κ1) is 23.2. The number of hydrogen-bond donors (Lipinski definition) is 2. The summed E-state index contributed by atoms with van der Waals surface area (Å²) in [6, 6.07) is 15.2. The molecule has 2 atom stereocenters. The highest BCUT2D eigenvalue weighted by Crippen LogP contribution is 2.31. The molecule has 0 bridgehead atoms. The Morgan fingerprint density at radius 2 is 1.81 bits per heavy atom. The normalized spacial score (nSPS) is 18.6. The Hall–Kier alpha value is -2.48. The third-order valence-electron chi connectivity index (χ3n) is 5.21. The lowest BCUT2D eigenvalue weighted by molar-refractivity contribution is -0.0234. The van der Waals surface area contributed by atoms with Crippen molar-refractivity contribution < 1.29 is 29.2 Å². The molecule has 2 aromatic carbocycles. The lowest BCUT2D eigenvalue weighted by Gasteiger charge is -2.37. The number of likely N-dealkylation sites (tertiary alicyclic amines) is 1. The number of para-hydroxylation sites is 1. The first-order valence-electron chi connectivity index (χ1n) is 10.4. The van der Waals surface area contributed by atoms with E-state index in [9.17, 15) is 9.90 Å². The summed E-state index contributed by atoms with van der Waals surface area (Å²) in [5, 5.41) is 18.9. The van der Waals surface area contributed by atoms with Crippen LogP contribution >= 0.6 is 11.6 Å². The van der Waals surface area contributed by atoms with Gasteiger partial charge in [-0.05, 0) is 36.2 Å². The predicted octanol–water partition coefficient (Wildman–Crippen LogP) is 4.03. The number of ether oxygens (including phenoxy) is 3. The minimum atomic E-state index is -0.946. The van der Waals surface area contributed by atoms with E-state index in [0.717, 1.165) is 17.7 Å². The van der Waals surface area contributed by atoms with Gasteiger partial charge in [0.2, 0.25) is 0 Å². The van der Waals surface area contributed by atoms with Gasteiger partial charge < -0.3 is 29.3 Å². The van der Waals surface area contributed by atoms with E-state index in [-0.39, 0.29) is 25.2 Å². The number of rotatable bonds is 10. The Kier molecular flexibility index (Phi) is 8.82. The number of aliphatic hydroxyl groups is 1. The van der Waals surface area contributed by atoms with Crippen molar-refractivity contribution in [1.82, 2.24) is 4.90 Å². The molecule has 1 fully saturated rings. The van der Waals surface area contributed by atoms with Gasteiger partial charge in [0.05, 0.1) is 44.1 Å². The summed E-state index contributed by atoms with van der Waals surface area (Å²) in [6.45, 7) is 1.87. The van der Waals surface area contributed by atoms with Crippen LogP contribution in [0.25, 0.3) is 0 Å². The van der Waals surface area contributed by atoms with Crippen molar-refractivity contribution in [3.63, 3.8) is 0 Å². The number of carbonyl (C=O) groups is 1. The Labute approximate surface area is 187 Å². The minimum Gasteiger partial charge on any atom is -0.493 e. The van der Waals surface area contributed by atoms with Crippen molar-refractivity contribution in [3.05, 3.63) is 59.1 Å². The third kappa shape index (κ3) is 6.75. The van der Waals surface area contributed by atoms with E-state index in [2.05, 4.69) is 0 Å². The van der Waals surface area contributed by atoms with Gasteiger partial charge in [0, 0.05) is 18.9 Å². The topological polar surface area (TPSA) is 88.5 Å². The third-order valence-corrected chi connectivity index (χ3v) is 5.52. The zero-order valence-electron chi connectivity index (χ0n) is 17.3. The van der Waals surface area contributed by atoms with Gasteiger partial charge in [0.25, 0.3) is 0 Å². The molecule has 8 heteroatoms. The summed E-state index contributed by atoms with van der Waals surface area (Å²) in [5.74, 6) is 1.50. The Morgan fingerprint density at radius 1 is 1.06 bits per heavy atom. The molecule has 2 aromatic rings. The molecule has 0 aliphatic carbocycles. The fourth-order valence-corrected chi connectivity index (χ4v) is 3.84. The first-order valence-corrected chi connectivity index (χ1v) is 10.8. The number of halogens is 1. The van der Waals surface area contributed by atoms with Crippen LogP contribution < -0.4 is 9.47 Å². The highest BCUT2D eigenvalue weighted by molar-refractivity contribution is 6.32. The maximum atomic E-state index is 11.3. The molecule has 1 amide bonds. The van der Waals surface area contributed by atoms with Crippen LogP contribution in [0.15, 0.2) is 48.5 Å². The fourth-order valence-electron chi connectivity index (χ4n) is 3.65. The molecule has 1 aliphatic heterocycles.